The highest BCUT2D eigenvalue weighted by atomic mass is 16.6. The summed E-state index contributed by atoms with van der Waals surface area (Å²) in [5, 5.41) is 16.3. The maximum absolute atomic E-state index is 11.8. The quantitative estimate of drug-likeness (QED) is 0.245. The Labute approximate surface area is 166 Å². The fourth-order valence-corrected chi connectivity index (χ4v) is 3.06. The lowest BCUT2D eigenvalue weighted by atomic mass is 10.0. The van der Waals surface area contributed by atoms with Crippen LogP contribution in [0.2, 0.25) is 0 Å². The molecular weight excluding hydrogens is 366 g/mol. The molecule has 2 saturated heterocycles. The minimum absolute atomic E-state index is 0.0522. The first-order chi connectivity index (χ1) is 13.4. The fraction of sp³-hybridized carbons (Fsp3) is 0.750. The van der Waals surface area contributed by atoms with Gasteiger partial charge in [0.15, 0.2) is 5.97 Å². The number of carboxylic acid groups (broad SMARTS) is 2. The predicted octanol–water partition coefficient (Wildman–Crippen LogP) is -0.982. The largest absolute Gasteiger partial charge is 0.539 e. The van der Waals surface area contributed by atoms with Gasteiger partial charge >= 0.3 is 11.9 Å². The molecule has 2 rings (SSSR count). The molecule has 0 aliphatic carbocycles. The van der Waals surface area contributed by atoms with E-state index in [2.05, 4.69) is 18.8 Å². The fourth-order valence-electron chi connectivity index (χ4n) is 3.06. The van der Waals surface area contributed by atoms with Crippen molar-refractivity contribution in [1.82, 2.24) is 0 Å². The molecule has 2 heterocycles. The van der Waals surface area contributed by atoms with Crippen molar-refractivity contribution >= 4 is 17.9 Å². The molecular formula is C20H31NO7. The van der Waals surface area contributed by atoms with Crippen molar-refractivity contribution in [2.45, 2.75) is 58.0 Å². The number of rotatable bonds is 7. The molecule has 0 aromatic carbocycles. The normalized spacial score (nSPS) is 21.7. The van der Waals surface area contributed by atoms with E-state index in [0.717, 1.165) is 32.4 Å². The summed E-state index contributed by atoms with van der Waals surface area (Å²) in [7, 11) is 0. The number of carbonyl (C=O) groups excluding carboxylic acids is 2. The molecule has 2 atom stereocenters. The summed E-state index contributed by atoms with van der Waals surface area (Å²) < 4.78 is 10.9. The van der Waals surface area contributed by atoms with Crippen molar-refractivity contribution in [3.05, 3.63) is 0 Å². The number of piperidine rings is 1. The summed E-state index contributed by atoms with van der Waals surface area (Å²) in [6.07, 6.45) is 7.54. The van der Waals surface area contributed by atoms with E-state index in [9.17, 15) is 4.79 Å². The van der Waals surface area contributed by atoms with E-state index >= 15 is 0 Å². The summed E-state index contributed by atoms with van der Waals surface area (Å²) in [6, 6.07) is 0. The van der Waals surface area contributed by atoms with Crippen LogP contribution in [0.5, 0.6) is 0 Å². The number of carbonyl (C=O) groups is 3. The highest BCUT2D eigenvalue weighted by Crippen LogP contribution is 2.23. The number of hydrogen-bond donors (Lipinski definition) is 2. The Balaban J connectivity index is 0.000000568. The van der Waals surface area contributed by atoms with Crippen molar-refractivity contribution in [3.8, 4) is 11.8 Å². The smallest absolute Gasteiger partial charge is 0.351 e. The Kier molecular flexibility index (Phi) is 11.9. The van der Waals surface area contributed by atoms with Gasteiger partial charge < -0.3 is 29.4 Å². The Bertz CT molecular complexity index is 549. The highest BCUT2D eigenvalue weighted by Gasteiger charge is 2.33. The summed E-state index contributed by atoms with van der Waals surface area (Å²) in [4.78, 5) is 31.4. The first-order valence-corrected chi connectivity index (χ1v) is 9.95. The number of aliphatic carboxylic acids is 2. The van der Waals surface area contributed by atoms with Gasteiger partial charge in [-0.1, -0.05) is 19.3 Å². The molecule has 0 saturated carbocycles. The Morgan fingerprint density at radius 1 is 1.29 bits per heavy atom. The molecule has 8 heteroatoms. The highest BCUT2D eigenvalue weighted by molar-refractivity contribution is 6.26. The molecule has 2 aliphatic heterocycles. The average Bonchev–Trinajstić information content (AvgIpc) is 3.03. The molecule has 158 valence electrons. The molecule has 0 aromatic heterocycles. The number of unbranched alkanes of at least 4 members (excludes halogenated alkanes) is 1. The zero-order chi connectivity index (χ0) is 20.8. The molecule has 28 heavy (non-hydrogen) atoms. The summed E-state index contributed by atoms with van der Waals surface area (Å²) in [5.74, 6) is 2.29. The van der Waals surface area contributed by atoms with Crippen molar-refractivity contribution in [2.24, 2.45) is 5.92 Å². The zero-order valence-corrected chi connectivity index (χ0v) is 16.5. The van der Waals surface area contributed by atoms with Gasteiger partial charge in [0.25, 0.3) is 0 Å². The lowest BCUT2D eigenvalue weighted by molar-refractivity contribution is -0.897. The van der Waals surface area contributed by atoms with Crippen LogP contribution < -0.4 is 10.0 Å². The molecule has 2 unspecified atom stereocenters. The Hall–Kier alpha value is -2.11. The summed E-state index contributed by atoms with van der Waals surface area (Å²) >= 11 is 0. The number of quaternary nitrogens is 1. The number of ether oxygens (including phenoxy) is 2. The molecule has 2 N–H and O–H groups in total. The molecule has 8 nitrogen and oxygen atoms in total. The SMILES string of the molecule is CCCCOCC1CC(CC#CC[NH+]2CCCCC2)C(=O)O1.O=C([O-])C(=O)O. The zero-order valence-electron chi connectivity index (χ0n) is 16.5. The number of esters is 1. The van der Waals surface area contributed by atoms with Crippen LogP contribution in [0.1, 0.15) is 51.9 Å². The van der Waals surface area contributed by atoms with Crippen LogP contribution >= 0.6 is 0 Å². The van der Waals surface area contributed by atoms with E-state index in [-0.39, 0.29) is 18.0 Å². The molecule has 0 spiro atoms. The monoisotopic (exact) mass is 397 g/mol. The van der Waals surface area contributed by atoms with Crippen molar-refractivity contribution in [2.75, 3.05) is 32.8 Å². The van der Waals surface area contributed by atoms with Crippen molar-refractivity contribution in [1.29, 1.82) is 0 Å². The van der Waals surface area contributed by atoms with Gasteiger partial charge in [-0.25, -0.2) is 4.79 Å². The second-order valence-corrected chi connectivity index (χ2v) is 7.06. The maximum atomic E-state index is 11.8. The Morgan fingerprint density at radius 3 is 2.57 bits per heavy atom. The van der Waals surface area contributed by atoms with Gasteiger partial charge in [-0.15, -0.1) is 0 Å². The van der Waals surface area contributed by atoms with E-state index in [1.54, 1.807) is 4.90 Å². The van der Waals surface area contributed by atoms with Crippen LogP contribution in [0.15, 0.2) is 0 Å². The van der Waals surface area contributed by atoms with Crippen LogP contribution in [-0.4, -0.2) is 62.0 Å². The number of nitrogens with one attached hydrogen (secondary N) is 1. The van der Waals surface area contributed by atoms with Gasteiger partial charge in [-0.2, -0.15) is 0 Å². The van der Waals surface area contributed by atoms with Crippen LogP contribution in [0.25, 0.3) is 0 Å². The first kappa shape index (κ1) is 23.9. The molecule has 0 amide bonds. The van der Waals surface area contributed by atoms with Crippen LogP contribution in [-0.2, 0) is 23.9 Å². The Morgan fingerprint density at radius 2 is 1.96 bits per heavy atom. The van der Waals surface area contributed by atoms with E-state index in [4.69, 9.17) is 29.3 Å². The number of carboxylic acids is 2. The van der Waals surface area contributed by atoms with E-state index in [1.807, 2.05) is 0 Å². The lowest BCUT2D eigenvalue weighted by Crippen LogP contribution is -3.12. The lowest BCUT2D eigenvalue weighted by Gasteiger charge is -2.20. The van der Waals surface area contributed by atoms with Gasteiger partial charge in [-0.05, 0) is 31.6 Å². The third-order valence-corrected chi connectivity index (χ3v) is 4.66. The predicted molar refractivity (Wildman–Crippen MR) is 98.2 cm³/mol. The molecule has 0 radical (unpaired) electrons. The second-order valence-electron chi connectivity index (χ2n) is 7.06. The average molecular weight is 397 g/mol. The van der Waals surface area contributed by atoms with Crippen LogP contribution in [0.4, 0.5) is 0 Å². The molecule has 2 fully saturated rings. The first-order valence-electron chi connectivity index (χ1n) is 9.95. The standard InChI is InChI=1S/C18H29NO3.C2H2O4/c1-2-3-13-21-15-17-14-16(18(20)22-17)9-5-8-12-19-10-6-4-7-11-19;3-1(4)2(5)6/h16-17H,2-4,6-7,9-15H2,1H3;(H,3,4)(H,5,6). The van der Waals surface area contributed by atoms with Crippen molar-refractivity contribution < 1.29 is 39.0 Å². The number of cyclic esters (lactones) is 1. The van der Waals surface area contributed by atoms with E-state index in [1.165, 1.54) is 32.4 Å². The van der Waals surface area contributed by atoms with Crippen LogP contribution in [0.3, 0.4) is 0 Å². The molecule has 2 aliphatic rings. The second kappa shape index (κ2) is 14.0. The number of likely N-dealkylation sites (tertiary alicyclic amines) is 1. The van der Waals surface area contributed by atoms with E-state index in [0.29, 0.717) is 13.0 Å². The van der Waals surface area contributed by atoms with Gasteiger partial charge in [0.1, 0.15) is 12.6 Å². The molecule has 0 bridgehead atoms. The van der Waals surface area contributed by atoms with Gasteiger partial charge in [0.05, 0.1) is 25.6 Å². The molecule has 0 aromatic rings. The van der Waals surface area contributed by atoms with E-state index < -0.39 is 11.9 Å². The third-order valence-electron chi connectivity index (χ3n) is 4.66. The van der Waals surface area contributed by atoms with Gasteiger partial charge in [0, 0.05) is 19.4 Å². The maximum Gasteiger partial charge on any atom is 0.351 e. The summed E-state index contributed by atoms with van der Waals surface area (Å²) in [6.45, 7) is 6.85. The topological polar surface area (TPSA) is 117 Å². The minimum atomic E-state index is -2.07. The minimum Gasteiger partial charge on any atom is -0.539 e. The summed E-state index contributed by atoms with van der Waals surface area (Å²) in [5.41, 5.74) is 0. The van der Waals surface area contributed by atoms with Gasteiger partial charge in [0.2, 0.25) is 0 Å². The van der Waals surface area contributed by atoms with Crippen molar-refractivity contribution in [3.63, 3.8) is 0 Å². The third kappa shape index (κ3) is 10.3. The van der Waals surface area contributed by atoms with Gasteiger partial charge in [-0.3, -0.25) is 4.79 Å². The number of hydrogen-bond acceptors (Lipinski definition) is 6. The van der Waals surface area contributed by atoms with Crippen LogP contribution in [0, 0.1) is 17.8 Å².